The van der Waals surface area contributed by atoms with Crippen molar-refractivity contribution in [3.63, 3.8) is 0 Å². The number of carbonyl (C=O) groups excluding carboxylic acids is 1. The van der Waals surface area contributed by atoms with Gasteiger partial charge in [0.05, 0.1) is 31.7 Å². The van der Waals surface area contributed by atoms with Crippen molar-refractivity contribution in [2.45, 2.75) is 25.7 Å². The highest BCUT2D eigenvalue weighted by atomic mass is 32.1. The van der Waals surface area contributed by atoms with E-state index < -0.39 is 0 Å². The minimum absolute atomic E-state index is 0.0275. The number of anilines is 2. The first-order valence-electron chi connectivity index (χ1n) is 9.82. The van der Waals surface area contributed by atoms with Gasteiger partial charge in [0.2, 0.25) is 0 Å². The molecular formula is C21H24FN4OS+. The monoisotopic (exact) mass is 399 g/mol. The zero-order chi connectivity index (χ0) is 19.5. The summed E-state index contributed by atoms with van der Waals surface area (Å²) in [5.74, 6) is -0.253. The van der Waals surface area contributed by atoms with Gasteiger partial charge >= 0.3 is 0 Å². The molecule has 0 unspecified atom stereocenters. The molecule has 1 amide bonds. The number of hydrogen-bond acceptors (Lipinski definition) is 4. The van der Waals surface area contributed by atoms with Crippen molar-refractivity contribution in [3.05, 3.63) is 46.1 Å². The van der Waals surface area contributed by atoms with Gasteiger partial charge in [-0.3, -0.25) is 4.79 Å². The number of amides is 1. The largest absolute Gasteiger partial charge is 0.360 e. The number of halogens is 1. The molecule has 2 aliphatic rings. The normalized spacial score (nSPS) is 17.1. The van der Waals surface area contributed by atoms with E-state index in [9.17, 15) is 14.4 Å². The quantitative estimate of drug-likeness (QED) is 0.827. The van der Waals surface area contributed by atoms with Gasteiger partial charge in [-0.2, -0.15) is 5.26 Å². The molecule has 5 nitrogen and oxygen atoms in total. The van der Waals surface area contributed by atoms with E-state index in [1.165, 1.54) is 21.9 Å². The summed E-state index contributed by atoms with van der Waals surface area (Å²) in [6.45, 7) is 3.80. The molecule has 0 spiro atoms. The Bertz CT molecular complexity index is 894. The maximum Gasteiger partial charge on any atom is 0.280 e. The SMILES string of the molecule is N#Cc1c(NC(=O)C[NH+]2CCN(c3ccc(F)cc3)CC2)sc2c1CCCC2. The number of piperazine rings is 1. The Kier molecular flexibility index (Phi) is 5.60. The summed E-state index contributed by atoms with van der Waals surface area (Å²) in [7, 11) is 0. The van der Waals surface area contributed by atoms with Gasteiger partial charge in [0.25, 0.3) is 5.91 Å². The predicted octanol–water partition coefficient (Wildman–Crippen LogP) is 1.98. The van der Waals surface area contributed by atoms with Crippen LogP contribution in [0.4, 0.5) is 15.1 Å². The number of fused-ring (bicyclic) bond motifs is 1. The fraction of sp³-hybridized carbons (Fsp3) is 0.429. The van der Waals surface area contributed by atoms with Crippen molar-refractivity contribution >= 4 is 27.9 Å². The highest BCUT2D eigenvalue weighted by Gasteiger charge is 2.25. The van der Waals surface area contributed by atoms with Crippen LogP contribution in [0.25, 0.3) is 0 Å². The molecule has 1 fully saturated rings. The third-order valence-corrected chi connectivity index (χ3v) is 6.82. The van der Waals surface area contributed by atoms with Gasteiger partial charge in [-0.1, -0.05) is 0 Å². The van der Waals surface area contributed by atoms with E-state index in [1.54, 1.807) is 23.5 Å². The number of thiophene rings is 1. The number of nitrogens with zero attached hydrogens (tertiary/aromatic N) is 2. The van der Waals surface area contributed by atoms with Crippen LogP contribution in [0, 0.1) is 17.1 Å². The summed E-state index contributed by atoms with van der Waals surface area (Å²) in [6, 6.07) is 8.86. The summed E-state index contributed by atoms with van der Waals surface area (Å²) in [5, 5.41) is 13.2. The summed E-state index contributed by atoms with van der Waals surface area (Å²) in [5.41, 5.74) is 2.84. The number of rotatable bonds is 4. The Balaban J connectivity index is 1.32. The van der Waals surface area contributed by atoms with E-state index in [0.29, 0.717) is 12.1 Å². The van der Waals surface area contributed by atoms with Crippen LogP contribution < -0.4 is 15.1 Å². The van der Waals surface area contributed by atoms with Crippen molar-refractivity contribution in [1.29, 1.82) is 5.26 Å². The third-order valence-electron chi connectivity index (χ3n) is 5.61. The van der Waals surface area contributed by atoms with Gasteiger partial charge < -0.3 is 15.1 Å². The van der Waals surface area contributed by atoms with Gasteiger partial charge in [-0.25, -0.2) is 4.39 Å². The second-order valence-electron chi connectivity index (χ2n) is 7.47. The van der Waals surface area contributed by atoms with Crippen molar-refractivity contribution in [2.75, 3.05) is 42.9 Å². The molecule has 2 N–H and O–H groups in total. The molecule has 1 aromatic heterocycles. The molecular weight excluding hydrogens is 375 g/mol. The lowest BCUT2D eigenvalue weighted by molar-refractivity contribution is -0.892. The minimum Gasteiger partial charge on any atom is -0.360 e. The maximum absolute atomic E-state index is 13.1. The van der Waals surface area contributed by atoms with Crippen LogP contribution in [0.1, 0.15) is 28.8 Å². The number of nitrogens with one attached hydrogen (secondary N) is 2. The first-order chi connectivity index (χ1) is 13.6. The first-order valence-corrected chi connectivity index (χ1v) is 10.6. The van der Waals surface area contributed by atoms with Gasteiger partial charge in [-0.15, -0.1) is 11.3 Å². The first kappa shape index (κ1) is 18.9. The van der Waals surface area contributed by atoms with Crippen LogP contribution in [-0.2, 0) is 17.6 Å². The van der Waals surface area contributed by atoms with E-state index in [4.69, 9.17) is 0 Å². The van der Waals surface area contributed by atoms with E-state index in [1.807, 2.05) is 0 Å². The van der Waals surface area contributed by atoms with E-state index >= 15 is 0 Å². The van der Waals surface area contributed by atoms with Crippen LogP contribution >= 0.6 is 11.3 Å². The number of carbonyl (C=O) groups is 1. The van der Waals surface area contributed by atoms with Gasteiger partial charge in [-0.05, 0) is 55.5 Å². The molecule has 7 heteroatoms. The summed E-state index contributed by atoms with van der Waals surface area (Å²) < 4.78 is 13.1. The topological polar surface area (TPSA) is 60.6 Å². The lowest BCUT2D eigenvalue weighted by Gasteiger charge is -2.33. The van der Waals surface area contributed by atoms with Crippen LogP contribution in [0.15, 0.2) is 24.3 Å². The fourth-order valence-corrected chi connectivity index (χ4v) is 5.34. The third kappa shape index (κ3) is 4.03. The van der Waals surface area contributed by atoms with Crippen LogP contribution in [0.3, 0.4) is 0 Å². The molecule has 146 valence electrons. The standard InChI is InChI=1S/C21H23FN4OS/c22-15-5-7-16(8-6-15)26-11-9-25(10-12-26)14-20(27)24-21-18(13-23)17-3-1-2-4-19(17)28-21/h5-8H,1-4,9-12,14H2,(H,24,27)/p+1. The van der Waals surface area contributed by atoms with Gasteiger partial charge in [0.1, 0.15) is 16.9 Å². The Morgan fingerprint density at radius 2 is 1.93 bits per heavy atom. The smallest absolute Gasteiger partial charge is 0.280 e. The maximum atomic E-state index is 13.1. The lowest BCUT2D eigenvalue weighted by atomic mass is 9.96. The second-order valence-corrected chi connectivity index (χ2v) is 8.57. The molecule has 28 heavy (non-hydrogen) atoms. The van der Waals surface area contributed by atoms with Crippen LogP contribution in [0.5, 0.6) is 0 Å². The molecule has 1 aromatic carbocycles. The Morgan fingerprint density at radius 1 is 1.21 bits per heavy atom. The molecule has 2 aromatic rings. The van der Waals surface area contributed by atoms with Crippen LogP contribution in [0.2, 0.25) is 0 Å². The molecule has 4 rings (SSSR count). The number of benzene rings is 1. The minimum atomic E-state index is -0.225. The molecule has 0 bridgehead atoms. The molecule has 0 radical (unpaired) electrons. The predicted molar refractivity (Wildman–Crippen MR) is 108 cm³/mol. The Labute approximate surface area is 168 Å². The van der Waals surface area contributed by atoms with E-state index in [-0.39, 0.29) is 11.7 Å². The molecule has 1 aliphatic carbocycles. The van der Waals surface area contributed by atoms with Gasteiger partial charge in [0, 0.05) is 10.6 Å². The Hall–Kier alpha value is -2.43. The fourth-order valence-electron chi connectivity index (χ4n) is 4.08. The molecule has 1 saturated heterocycles. The highest BCUT2D eigenvalue weighted by molar-refractivity contribution is 7.16. The molecule has 0 saturated carbocycles. The average Bonchev–Trinajstić information content (AvgIpc) is 3.06. The zero-order valence-corrected chi connectivity index (χ0v) is 16.6. The van der Waals surface area contributed by atoms with E-state index in [2.05, 4.69) is 16.3 Å². The Morgan fingerprint density at radius 3 is 2.64 bits per heavy atom. The number of nitriles is 1. The van der Waals surface area contributed by atoms with E-state index in [0.717, 1.165) is 68.1 Å². The average molecular weight is 400 g/mol. The number of quaternary nitrogens is 1. The van der Waals surface area contributed by atoms with Crippen molar-refractivity contribution < 1.29 is 14.1 Å². The second kappa shape index (κ2) is 8.29. The molecule has 0 atom stereocenters. The highest BCUT2D eigenvalue weighted by Crippen LogP contribution is 2.37. The van der Waals surface area contributed by atoms with Crippen molar-refractivity contribution in [1.82, 2.24) is 0 Å². The summed E-state index contributed by atoms with van der Waals surface area (Å²) >= 11 is 1.57. The van der Waals surface area contributed by atoms with Gasteiger partial charge in [0.15, 0.2) is 6.54 Å². The summed E-state index contributed by atoms with van der Waals surface area (Å²) in [4.78, 5) is 17.3. The van der Waals surface area contributed by atoms with Crippen LogP contribution in [-0.4, -0.2) is 38.6 Å². The summed E-state index contributed by atoms with van der Waals surface area (Å²) in [6.07, 6.45) is 4.24. The number of hydrogen-bond donors (Lipinski definition) is 2. The number of aryl methyl sites for hydroxylation is 1. The lowest BCUT2D eigenvalue weighted by Crippen LogP contribution is -3.15. The molecule has 2 heterocycles. The zero-order valence-electron chi connectivity index (χ0n) is 15.8. The molecule has 1 aliphatic heterocycles. The van der Waals surface area contributed by atoms with Crippen molar-refractivity contribution in [3.8, 4) is 6.07 Å². The van der Waals surface area contributed by atoms with Crippen molar-refractivity contribution in [2.24, 2.45) is 0 Å².